The SMILES string of the molecule is COc1ccc(C2SC(C)C(=O)N2n2c(COc3c(Cl)cc(Cl)cc3Cl)n[nH]c2=S)cc1. The fraction of sp³-hybridized carbons (Fsp3) is 0.250. The van der Waals surface area contributed by atoms with Gasteiger partial charge >= 0.3 is 0 Å². The van der Waals surface area contributed by atoms with E-state index in [1.54, 1.807) is 16.8 Å². The van der Waals surface area contributed by atoms with Crippen LogP contribution in [0.3, 0.4) is 0 Å². The standard InChI is InChI=1S/C20H17Cl3N4O3S2/c1-10-18(28)27(19(32-10)11-3-5-13(29-2)6-4-11)26-16(24-25-20(26)31)9-30-17-14(22)7-12(21)8-15(17)23/h3-8,10,19H,9H2,1-2H3,(H,25,31). The van der Waals surface area contributed by atoms with Crippen LogP contribution in [0.1, 0.15) is 23.7 Å². The predicted molar refractivity (Wildman–Crippen MR) is 129 cm³/mol. The summed E-state index contributed by atoms with van der Waals surface area (Å²) < 4.78 is 12.9. The Morgan fingerprint density at radius 2 is 1.84 bits per heavy atom. The van der Waals surface area contributed by atoms with Gasteiger partial charge in [-0.1, -0.05) is 46.9 Å². The number of carbonyl (C=O) groups excluding carboxylic acids is 1. The third kappa shape index (κ3) is 4.45. The number of ether oxygens (including phenoxy) is 2. The van der Waals surface area contributed by atoms with E-state index in [-0.39, 0.29) is 43.7 Å². The largest absolute Gasteiger partial charge is 0.497 e. The molecule has 2 aromatic carbocycles. The minimum Gasteiger partial charge on any atom is -0.497 e. The second-order valence-electron chi connectivity index (χ2n) is 6.83. The van der Waals surface area contributed by atoms with Gasteiger partial charge in [0.2, 0.25) is 4.77 Å². The molecule has 1 amide bonds. The highest BCUT2D eigenvalue weighted by Gasteiger charge is 2.41. The van der Waals surface area contributed by atoms with Crippen LogP contribution in [0.2, 0.25) is 15.1 Å². The van der Waals surface area contributed by atoms with Crippen molar-refractivity contribution < 1.29 is 14.3 Å². The molecule has 1 aliphatic rings. The maximum absolute atomic E-state index is 13.1. The molecule has 1 aliphatic heterocycles. The molecule has 4 rings (SSSR count). The van der Waals surface area contributed by atoms with Gasteiger partial charge in [0.15, 0.2) is 11.6 Å². The van der Waals surface area contributed by atoms with E-state index in [0.29, 0.717) is 10.8 Å². The van der Waals surface area contributed by atoms with Crippen LogP contribution in [0.5, 0.6) is 11.5 Å². The normalized spacial score (nSPS) is 18.3. The van der Waals surface area contributed by atoms with E-state index in [4.69, 9.17) is 56.5 Å². The Labute approximate surface area is 208 Å². The van der Waals surface area contributed by atoms with Crippen molar-refractivity contribution in [1.82, 2.24) is 14.9 Å². The first-order valence-corrected chi connectivity index (χ1v) is 11.8. The van der Waals surface area contributed by atoms with E-state index in [1.165, 1.54) is 23.9 Å². The average molecular weight is 532 g/mol. The Balaban J connectivity index is 1.67. The number of methoxy groups -OCH3 is 1. The van der Waals surface area contributed by atoms with Crippen molar-refractivity contribution >= 4 is 64.7 Å². The van der Waals surface area contributed by atoms with Crippen molar-refractivity contribution in [3.05, 3.63) is 67.6 Å². The minimum atomic E-state index is -0.311. The fourth-order valence-corrected chi connectivity index (χ4v) is 5.65. The predicted octanol–water partition coefficient (Wildman–Crippen LogP) is 5.79. The molecular weight excluding hydrogens is 515 g/mol. The smallest absolute Gasteiger partial charge is 0.255 e. The molecule has 2 unspecified atom stereocenters. The molecule has 12 heteroatoms. The van der Waals surface area contributed by atoms with Crippen molar-refractivity contribution in [1.29, 1.82) is 0 Å². The molecule has 1 aromatic heterocycles. The lowest BCUT2D eigenvalue weighted by molar-refractivity contribution is -0.119. The van der Waals surface area contributed by atoms with E-state index in [9.17, 15) is 4.79 Å². The number of nitrogens with one attached hydrogen (secondary N) is 1. The van der Waals surface area contributed by atoms with Crippen molar-refractivity contribution in [2.24, 2.45) is 0 Å². The Morgan fingerprint density at radius 3 is 2.47 bits per heavy atom. The second-order valence-corrected chi connectivity index (χ2v) is 9.89. The molecule has 1 saturated heterocycles. The summed E-state index contributed by atoms with van der Waals surface area (Å²) in [5.74, 6) is 1.28. The highest BCUT2D eigenvalue weighted by molar-refractivity contribution is 8.01. The number of hydrogen-bond donors (Lipinski definition) is 1. The number of thioether (sulfide) groups is 1. The lowest BCUT2D eigenvalue weighted by atomic mass is 10.2. The number of amides is 1. The van der Waals surface area contributed by atoms with Crippen LogP contribution in [0.15, 0.2) is 36.4 Å². The molecule has 0 aliphatic carbocycles. The van der Waals surface area contributed by atoms with Gasteiger partial charge in [0, 0.05) is 5.02 Å². The Kier molecular flexibility index (Phi) is 6.92. The van der Waals surface area contributed by atoms with E-state index < -0.39 is 0 Å². The Hall–Kier alpha value is -1.91. The van der Waals surface area contributed by atoms with Gasteiger partial charge in [-0.05, 0) is 49.0 Å². The molecule has 0 radical (unpaired) electrons. The fourth-order valence-electron chi connectivity index (χ4n) is 3.25. The molecule has 0 saturated carbocycles. The van der Waals surface area contributed by atoms with Crippen LogP contribution in [0, 0.1) is 4.77 Å². The Bertz CT molecular complexity index is 1190. The summed E-state index contributed by atoms with van der Waals surface area (Å²) in [6, 6.07) is 10.6. The summed E-state index contributed by atoms with van der Waals surface area (Å²) in [5, 5.41) is 8.92. The van der Waals surface area contributed by atoms with Crippen LogP contribution in [-0.4, -0.2) is 33.1 Å². The maximum Gasteiger partial charge on any atom is 0.255 e. The number of hydrogen-bond acceptors (Lipinski definition) is 6. The van der Waals surface area contributed by atoms with Crippen molar-refractivity contribution in [3.8, 4) is 11.5 Å². The third-order valence-corrected chi connectivity index (χ3v) is 7.15. The van der Waals surface area contributed by atoms with Crippen LogP contribution >= 0.6 is 58.8 Å². The van der Waals surface area contributed by atoms with Gasteiger partial charge in [-0.2, -0.15) is 5.10 Å². The quantitative estimate of drug-likeness (QED) is 0.406. The number of rotatable bonds is 6. The molecule has 32 heavy (non-hydrogen) atoms. The molecule has 0 bridgehead atoms. The number of aromatic nitrogens is 3. The summed E-state index contributed by atoms with van der Waals surface area (Å²) in [6.07, 6.45) is 0. The topological polar surface area (TPSA) is 72.4 Å². The highest BCUT2D eigenvalue weighted by atomic mass is 35.5. The van der Waals surface area contributed by atoms with E-state index in [0.717, 1.165) is 11.3 Å². The average Bonchev–Trinajstić information content (AvgIpc) is 3.26. The number of halogens is 3. The number of benzene rings is 2. The maximum atomic E-state index is 13.1. The summed E-state index contributed by atoms with van der Waals surface area (Å²) >= 11 is 25.3. The molecule has 3 aromatic rings. The number of H-pyrrole nitrogens is 1. The van der Waals surface area contributed by atoms with Gasteiger partial charge in [0.1, 0.15) is 17.7 Å². The molecule has 1 N–H and O–H groups in total. The van der Waals surface area contributed by atoms with Gasteiger partial charge in [0.25, 0.3) is 5.91 Å². The van der Waals surface area contributed by atoms with Crippen molar-refractivity contribution in [2.45, 2.75) is 24.2 Å². The van der Waals surface area contributed by atoms with E-state index in [1.807, 2.05) is 31.2 Å². The van der Waals surface area contributed by atoms with E-state index >= 15 is 0 Å². The lowest BCUT2D eigenvalue weighted by Crippen LogP contribution is -2.41. The molecule has 2 heterocycles. The van der Waals surface area contributed by atoms with Crippen LogP contribution in [0.4, 0.5) is 0 Å². The van der Waals surface area contributed by atoms with Crippen molar-refractivity contribution in [2.75, 3.05) is 12.1 Å². The van der Waals surface area contributed by atoms with Gasteiger partial charge in [-0.15, -0.1) is 11.8 Å². The minimum absolute atomic E-state index is 0.0353. The number of carbonyl (C=O) groups is 1. The summed E-state index contributed by atoms with van der Waals surface area (Å²) in [7, 11) is 1.60. The number of nitrogens with zero attached hydrogens (tertiary/aromatic N) is 3. The summed E-state index contributed by atoms with van der Waals surface area (Å²) in [6.45, 7) is 1.82. The zero-order valence-corrected chi connectivity index (χ0v) is 20.7. The van der Waals surface area contributed by atoms with Crippen molar-refractivity contribution in [3.63, 3.8) is 0 Å². The molecule has 2 atom stereocenters. The van der Waals surface area contributed by atoms with Gasteiger partial charge in [-0.3, -0.25) is 9.89 Å². The van der Waals surface area contributed by atoms with Crippen LogP contribution in [0.25, 0.3) is 0 Å². The van der Waals surface area contributed by atoms with Crippen LogP contribution in [-0.2, 0) is 11.4 Å². The third-order valence-electron chi connectivity index (χ3n) is 4.77. The van der Waals surface area contributed by atoms with Gasteiger partial charge < -0.3 is 9.47 Å². The molecule has 0 spiro atoms. The zero-order valence-electron chi connectivity index (χ0n) is 16.8. The highest BCUT2D eigenvalue weighted by Crippen LogP contribution is 2.42. The molecule has 1 fully saturated rings. The molecular formula is C20H17Cl3N4O3S2. The first-order valence-electron chi connectivity index (χ1n) is 9.36. The summed E-state index contributed by atoms with van der Waals surface area (Å²) in [4.78, 5) is 13.1. The molecule has 7 nitrogen and oxygen atoms in total. The van der Waals surface area contributed by atoms with Gasteiger partial charge in [-0.25, -0.2) is 9.69 Å². The first kappa shape index (κ1) is 23.3. The first-order chi connectivity index (χ1) is 15.3. The Morgan fingerprint density at radius 1 is 1.19 bits per heavy atom. The van der Waals surface area contributed by atoms with E-state index in [2.05, 4.69) is 10.2 Å². The van der Waals surface area contributed by atoms with Gasteiger partial charge in [0.05, 0.1) is 22.4 Å². The zero-order chi connectivity index (χ0) is 23.0. The lowest BCUT2D eigenvalue weighted by Gasteiger charge is -2.26. The number of aromatic amines is 1. The summed E-state index contributed by atoms with van der Waals surface area (Å²) in [5.41, 5.74) is 0.923. The monoisotopic (exact) mass is 530 g/mol. The molecule has 168 valence electrons. The van der Waals surface area contributed by atoms with Crippen LogP contribution < -0.4 is 14.5 Å². The second kappa shape index (κ2) is 9.52.